The first-order valence-electron chi connectivity index (χ1n) is 6.79. The normalized spacial score (nSPS) is 11.1. The van der Waals surface area contributed by atoms with E-state index in [9.17, 15) is 5.11 Å². The number of hydrogen-bond acceptors (Lipinski definition) is 5. The largest absolute Gasteiger partial charge is 0.508 e. The van der Waals surface area contributed by atoms with Crippen LogP contribution in [0.5, 0.6) is 5.75 Å². The Balaban J connectivity index is 1.74. The second-order valence-electron chi connectivity index (χ2n) is 4.87. The zero-order chi connectivity index (χ0) is 14.9. The fourth-order valence-corrected chi connectivity index (χ4v) is 2.26. The minimum atomic E-state index is 0.244. The first-order valence-corrected chi connectivity index (χ1v) is 6.79. The Morgan fingerprint density at radius 2 is 1.86 bits per heavy atom. The van der Waals surface area contributed by atoms with E-state index in [2.05, 4.69) is 20.4 Å². The quantitative estimate of drug-likeness (QED) is 0.620. The summed E-state index contributed by atoms with van der Waals surface area (Å²) in [5, 5.41) is 26.4. The number of nitrogens with zero attached hydrogens (tertiary/aromatic N) is 6. The van der Waals surface area contributed by atoms with Crippen LogP contribution >= 0.6 is 0 Å². The number of hydrogen-bond donors (Lipinski definition) is 1. The van der Waals surface area contributed by atoms with E-state index in [4.69, 9.17) is 0 Å². The molecule has 7 heteroatoms. The molecule has 3 aromatic heterocycles. The Bertz CT molecular complexity index is 911. The van der Waals surface area contributed by atoms with Crippen LogP contribution in [0.1, 0.15) is 11.4 Å². The summed E-state index contributed by atoms with van der Waals surface area (Å²) < 4.78 is 3.40. The first kappa shape index (κ1) is 12.5. The predicted molar refractivity (Wildman–Crippen MR) is 78.8 cm³/mol. The maximum atomic E-state index is 9.34. The molecule has 1 aromatic carbocycles. The topological polar surface area (TPSA) is 81.1 Å². The highest BCUT2D eigenvalue weighted by Crippen LogP contribution is 2.14. The number of phenolic OH excluding ortho intramolecular Hbond substituents is 1. The summed E-state index contributed by atoms with van der Waals surface area (Å²) in [6, 6.07) is 12.6. The van der Waals surface area contributed by atoms with Gasteiger partial charge in [0.05, 0.1) is 0 Å². The Labute approximate surface area is 125 Å². The maximum Gasteiger partial charge on any atom is 0.178 e. The molecule has 0 saturated carbocycles. The van der Waals surface area contributed by atoms with Gasteiger partial charge in [0.15, 0.2) is 17.3 Å². The van der Waals surface area contributed by atoms with E-state index in [1.807, 2.05) is 36.5 Å². The van der Waals surface area contributed by atoms with Gasteiger partial charge in [-0.25, -0.2) is 4.68 Å². The number of rotatable bonds is 3. The van der Waals surface area contributed by atoms with Gasteiger partial charge in [-0.1, -0.05) is 12.1 Å². The molecule has 3 heterocycles. The molecule has 0 fully saturated rings. The van der Waals surface area contributed by atoms with Gasteiger partial charge in [0.25, 0.3) is 0 Å². The van der Waals surface area contributed by atoms with Crippen LogP contribution in [0.3, 0.4) is 0 Å². The van der Waals surface area contributed by atoms with E-state index >= 15 is 0 Å². The van der Waals surface area contributed by atoms with Crippen molar-refractivity contribution in [2.24, 2.45) is 0 Å². The van der Waals surface area contributed by atoms with Gasteiger partial charge < -0.3 is 5.11 Å². The van der Waals surface area contributed by atoms with Crippen molar-refractivity contribution in [2.75, 3.05) is 0 Å². The van der Waals surface area contributed by atoms with E-state index in [0.717, 1.165) is 11.4 Å². The SMILES string of the molecule is Oc1ccc(Cc2nnc3ccc(-n4cccn4)nn23)cc1. The summed E-state index contributed by atoms with van der Waals surface area (Å²) in [7, 11) is 0. The van der Waals surface area contributed by atoms with Gasteiger partial charge in [-0.3, -0.25) is 0 Å². The average Bonchev–Trinajstić information content (AvgIpc) is 3.19. The lowest BCUT2D eigenvalue weighted by Gasteiger charge is -2.03. The van der Waals surface area contributed by atoms with Gasteiger partial charge in [0, 0.05) is 18.8 Å². The predicted octanol–water partition coefficient (Wildman–Crippen LogP) is 1.61. The van der Waals surface area contributed by atoms with Crippen molar-refractivity contribution in [1.29, 1.82) is 0 Å². The third kappa shape index (κ3) is 2.18. The minimum Gasteiger partial charge on any atom is -0.508 e. The third-order valence-corrected chi connectivity index (χ3v) is 3.35. The highest BCUT2D eigenvalue weighted by Gasteiger charge is 2.09. The van der Waals surface area contributed by atoms with Crippen LogP contribution < -0.4 is 0 Å². The molecule has 4 rings (SSSR count). The third-order valence-electron chi connectivity index (χ3n) is 3.35. The van der Waals surface area contributed by atoms with E-state index in [0.29, 0.717) is 17.9 Å². The molecule has 0 radical (unpaired) electrons. The van der Waals surface area contributed by atoms with E-state index in [-0.39, 0.29) is 5.75 Å². The molecule has 4 aromatic rings. The van der Waals surface area contributed by atoms with Crippen LogP contribution in [0.15, 0.2) is 54.9 Å². The molecule has 0 aliphatic heterocycles. The standard InChI is InChI=1S/C15H12N6O/c22-12-4-2-11(3-5-12)10-15-18-17-13-6-7-14(19-21(13)15)20-9-1-8-16-20/h1-9,22H,10H2. The molecule has 0 unspecified atom stereocenters. The van der Waals surface area contributed by atoms with Gasteiger partial charge in [-0.15, -0.1) is 15.3 Å². The van der Waals surface area contributed by atoms with E-state index < -0.39 is 0 Å². The lowest BCUT2D eigenvalue weighted by atomic mass is 10.1. The fourth-order valence-electron chi connectivity index (χ4n) is 2.26. The lowest BCUT2D eigenvalue weighted by Crippen LogP contribution is -2.05. The molecule has 7 nitrogen and oxygen atoms in total. The van der Waals surface area contributed by atoms with Gasteiger partial charge in [0.1, 0.15) is 5.75 Å². The summed E-state index contributed by atoms with van der Waals surface area (Å²) >= 11 is 0. The highest BCUT2D eigenvalue weighted by molar-refractivity contribution is 5.40. The highest BCUT2D eigenvalue weighted by atomic mass is 16.3. The summed E-state index contributed by atoms with van der Waals surface area (Å²) in [5.74, 6) is 1.67. The molecule has 1 N–H and O–H groups in total. The minimum absolute atomic E-state index is 0.244. The molecule has 22 heavy (non-hydrogen) atoms. The summed E-state index contributed by atoms with van der Waals surface area (Å²) in [4.78, 5) is 0. The van der Waals surface area contributed by atoms with Crippen LogP contribution in [0.25, 0.3) is 11.5 Å². The molecule has 0 aliphatic carbocycles. The fraction of sp³-hybridized carbons (Fsp3) is 0.0667. The molecule has 0 amide bonds. The summed E-state index contributed by atoms with van der Waals surface area (Å²) in [6.45, 7) is 0. The molecular formula is C15H12N6O. The van der Waals surface area contributed by atoms with Crippen LogP contribution in [-0.4, -0.2) is 34.7 Å². The lowest BCUT2D eigenvalue weighted by molar-refractivity contribution is 0.475. The second-order valence-corrected chi connectivity index (χ2v) is 4.87. The zero-order valence-corrected chi connectivity index (χ0v) is 11.5. The van der Waals surface area contributed by atoms with Crippen LogP contribution in [-0.2, 0) is 6.42 Å². The molecule has 0 atom stereocenters. The molecule has 108 valence electrons. The van der Waals surface area contributed by atoms with E-state index in [1.54, 1.807) is 27.5 Å². The summed E-state index contributed by atoms with van der Waals surface area (Å²) in [5.41, 5.74) is 1.71. The van der Waals surface area contributed by atoms with Crippen molar-refractivity contribution >= 4 is 5.65 Å². The number of aromatic hydroxyl groups is 1. The molecule has 0 spiro atoms. The zero-order valence-electron chi connectivity index (χ0n) is 11.5. The van der Waals surface area contributed by atoms with Crippen molar-refractivity contribution in [3.63, 3.8) is 0 Å². The number of phenols is 1. The number of benzene rings is 1. The summed E-state index contributed by atoms with van der Waals surface area (Å²) in [6.07, 6.45) is 4.12. The second kappa shape index (κ2) is 4.96. The van der Waals surface area contributed by atoms with Crippen LogP contribution in [0.2, 0.25) is 0 Å². The molecular weight excluding hydrogens is 280 g/mol. The average molecular weight is 292 g/mol. The van der Waals surface area contributed by atoms with Crippen LogP contribution in [0, 0.1) is 0 Å². The Kier molecular flexibility index (Phi) is 2.82. The van der Waals surface area contributed by atoms with Crippen LogP contribution in [0.4, 0.5) is 0 Å². The van der Waals surface area contributed by atoms with Gasteiger partial charge in [0.2, 0.25) is 0 Å². The van der Waals surface area contributed by atoms with Crippen molar-refractivity contribution < 1.29 is 5.11 Å². The molecule has 0 aliphatic rings. The van der Waals surface area contributed by atoms with Crippen molar-refractivity contribution in [2.45, 2.75) is 6.42 Å². The van der Waals surface area contributed by atoms with Crippen molar-refractivity contribution in [3.05, 3.63) is 66.2 Å². The maximum absolute atomic E-state index is 9.34. The van der Waals surface area contributed by atoms with Gasteiger partial charge in [-0.05, 0) is 35.9 Å². The van der Waals surface area contributed by atoms with Gasteiger partial charge >= 0.3 is 0 Å². The molecule has 0 bridgehead atoms. The molecule has 0 saturated heterocycles. The first-order chi connectivity index (χ1) is 10.8. The van der Waals surface area contributed by atoms with Crippen molar-refractivity contribution in [1.82, 2.24) is 29.6 Å². The number of aromatic nitrogens is 6. The smallest absolute Gasteiger partial charge is 0.178 e. The Hall–Kier alpha value is -3.22. The van der Waals surface area contributed by atoms with Gasteiger partial charge in [-0.2, -0.15) is 9.61 Å². The monoisotopic (exact) mass is 292 g/mol. The Morgan fingerprint density at radius 3 is 2.64 bits per heavy atom. The van der Waals surface area contributed by atoms with Crippen molar-refractivity contribution in [3.8, 4) is 11.6 Å². The number of fused-ring (bicyclic) bond motifs is 1. The Morgan fingerprint density at radius 1 is 1.00 bits per heavy atom. The van der Waals surface area contributed by atoms with E-state index in [1.165, 1.54) is 0 Å².